The lowest BCUT2D eigenvalue weighted by atomic mass is 10.1. The first kappa shape index (κ1) is 21.2. The number of alkyl halides is 3. The van der Waals surface area contributed by atoms with E-state index in [9.17, 15) is 22.8 Å². The first-order chi connectivity index (χ1) is 13.7. The number of amides is 2. The summed E-state index contributed by atoms with van der Waals surface area (Å²) in [5.41, 5.74) is 0.449. The summed E-state index contributed by atoms with van der Waals surface area (Å²) < 4.78 is 37.9. The Morgan fingerprint density at radius 1 is 0.862 bits per heavy atom. The fourth-order valence-corrected chi connectivity index (χ4v) is 3.33. The number of nitrogens with zero attached hydrogens (tertiary/aromatic N) is 2. The molecule has 0 bridgehead atoms. The molecule has 0 radical (unpaired) electrons. The standard InChI is InChI=1S/C21H20ClF3N2O2/c22-18-8-1-15(2-9-18)3-10-19(28)26-11-13-27(14-12-26)20(29)16-4-6-17(7-5-16)21(23,24)25/h1-2,4-9H,3,10-14H2. The Labute approximate surface area is 171 Å². The summed E-state index contributed by atoms with van der Waals surface area (Å²) in [7, 11) is 0. The fraction of sp³-hybridized carbons (Fsp3) is 0.333. The average Bonchev–Trinajstić information content (AvgIpc) is 2.72. The van der Waals surface area contributed by atoms with Crippen molar-refractivity contribution >= 4 is 23.4 Å². The molecule has 0 saturated carbocycles. The molecule has 4 nitrogen and oxygen atoms in total. The molecular formula is C21H20ClF3N2O2. The van der Waals surface area contributed by atoms with Crippen molar-refractivity contribution in [3.8, 4) is 0 Å². The Kier molecular flexibility index (Phi) is 6.47. The van der Waals surface area contributed by atoms with Gasteiger partial charge in [0, 0.05) is 43.2 Å². The second-order valence-corrected chi connectivity index (χ2v) is 7.31. The van der Waals surface area contributed by atoms with Gasteiger partial charge in [-0.25, -0.2) is 0 Å². The molecule has 2 aromatic rings. The maximum absolute atomic E-state index is 12.6. The Bertz CT molecular complexity index is 859. The van der Waals surface area contributed by atoms with Crippen LogP contribution in [0.15, 0.2) is 48.5 Å². The van der Waals surface area contributed by atoms with Gasteiger partial charge >= 0.3 is 6.18 Å². The lowest BCUT2D eigenvalue weighted by Crippen LogP contribution is -2.50. The van der Waals surface area contributed by atoms with Gasteiger partial charge in [0.25, 0.3) is 5.91 Å². The smallest absolute Gasteiger partial charge is 0.339 e. The maximum Gasteiger partial charge on any atom is 0.416 e. The first-order valence-electron chi connectivity index (χ1n) is 9.23. The van der Waals surface area contributed by atoms with Crippen LogP contribution in [0.1, 0.15) is 27.9 Å². The van der Waals surface area contributed by atoms with Crippen molar-refractivity contribution in [1.82, 2.24) is 9.80 Å². The zero-order chi connectivity index (χ0) is 21.0. The van der Waals surface area contributed by atoms with Gasteiger partial charge < -0.3 is 9.80 Å². The molecule has 1 saturated heterocycles. The molecule has 1 fully saturated rings. The van der Waals surface area contributed by atoms with Crippen LogP contribution in [-0.2, 0) is 17.4 Å². The third-order valence-corrected chi connectivity index (χ3v) is 5.17. The van der Waals surface area contributed by atoms with E-state index in [2.05, 4.69) is 0 Å². The zero-order valence-corrected chi connectivity index (χ0v) is 16.3. The number of carbonyl (C=O) groups is 2. The Morgan fingerprint density at radius 2 is 1.41 bits per heavy atom. The van der Waals surface area contributed by atoms with Crippen LogP contribution < -0.4 is 0 Å². The summed E-state index contributed by atoms with van der Waals surface area (Å²) in [6, 6.07) is 11.5. The molecule has 154 valence electrons. The third kappa shape index (κ3) is 5.50. The van der Waals surface area contributed by atoms with Crippen LogP contribution in [0, 0.1) is 0 Å². The molecule has 0 atom stereocenters. The van der Waals surface area contributed by atoms with Crippen molar-refractivity contribution in [2.45, 2.75) is 19.0 Å². The van der Waals surface area contributed by atoms with Gasteiger partial charge in [-0.15, -0.1) is 0 Å². The third-order valence-electron chi connectivity index (χ3n) is 4.92. The molecule has 2 amide bonds. The van der Waals surface area contributed by atoms with Gasteiger partial charge in [-0.05, 0) is 48.4 Å². The predicted octanol–water partition coefficient (Wildman–Crippen LogP) is 4.28. The Morgan fingerprint density at radius 3 is 1.97 bits per heavy atom. The fourth-order valence-electron chi connectivity index (χ4n) is 3.20. The summed E-state index contributed by atoms with van der Waals surface area (Å²) in [4.78, 5) is 28.2. The number of piperazine rings is 1. The monoisotopic (exact) mass is 424 g/mol. The van der Waals surface area contributed by atoms with Gasteiger partial charge in [-0.3, -0.25) is 9.59 Å². The van der Waals surface area contributed by atoms with Crippen molar-refractivity contribution in [2.75, 3.05) is 26.2 Å². The lowest BCUT2D eigenvalue weighted by molar-refractivity contribution is -0.137. The topological polar surface area (TPSA) is 40.6 Å². The van der Waals surface area contributed by atoms with Gasteiger partial charge in [-0.1, -0.05) is 23.7 Å². The number of hydrogen-bond donors (Lipinski definition) is 0. The molecule has 0 aliphatic carbocycles. The van der Waals surface area contributed by atoms with Crippen molar-refractivity contribution in [1.29, 1.82) is 0 Å². The maximum atomic E-state index is 12.6. The largest absolute Gasteiger partial charge is 0.416 e. The van der Waals surface area contributed by atoms with E-state index in [0.717, 1.165) is 17.7 Å². The van der Waals surface area contributed by atoms with Gasteiger partial charge in [0.15, 0.2) is 0 Å². The van der Waals surface area contributed by atoms with E-state index >= 15 is 0 Å². The van der Waals surface area contributed by atoms with Crippen molar-refractivity contribution in [2.24, 2.45) is 0 Å². The molecule has 1 aliphatic rings. The van der Waals surface area contributed by atoms with E-state index < -0.39 is 11.7 Å². The minimum absolute atomic E-state index is 0.0154. The second kappa shape index (κ2) is 8.86. The summed E-state index contributed by atoms with van der Waals surface area (Å²) in [5, 5.41) is 0.647. The van der Waals surface area contributed by atoms with E-state index in [1.165, 1.54) is 12.1 Å². The number of hydrogen-bond acceptors (Lipinski definition) is 2. The molecule has 0 aromatic heterocycles. The molecule has 29 heavy (non-hydrogen) atoms. The predicted molar refractivity (Wildman–Crippen MR) is 104 cm³/mol. The van der Waals surface area contributed by atoms with E-state index in [0.29, 0.717) is 44.0 Å². The van der Waals surface area contributed by atoms with Crippen LogP contribution in [0.25, 0.3) is 0 Å². The summed E-state index contributed by atoms with van der Waals surface area (Å²) in [6.45, 7) is 1.52. The lowest BCUT2D eigenvalue weighted by Gasteiger charge is -2.35. The highest BCUT2D eigenvalue weighted by Gasteiger charge is 2.31. The minimum atomic E-state index is -4.43. The van der Waals surface area contributed by atoms with E-state index in [1.54, 1.807) is 21.9 Å². The number of halogens is 4. The van der Waals surface area contributed by atoms with Crippen molar-refractivity contribution in [3.63, 3.8) is 0 Å². The Balaban J connectivity index is 1.49. The van der Waals surface area contributed by atoms with Crippen molar-refractivity contribution < 1.29 is 22.8 Å². The summed E-state index contributed by atoms with van der Waals surface area (Å²) in [6.07, 6.45) is -3.45. The quantitative estimate of drug-likeness (QED) is 0.735. The molecule has 2 aromatic carbocycles. The normalized spacial score (nSPS) is 14.8. The number of rotatable bonds is 4. The van der Waals surface area contributed by atoms with Crippen LogP contribution >= 0.6 is 11.6 Å². The highest BCUT2D eigenvalue weighted by atomic mass is 35.5. The number of carbonyl (C=O) groups excluding carboxylic acids is 2. The van der Waals surface area contributed by atoms with Crippen molar-refractivity contribution in [3.05, 3.63) is 70.2 Å². The minimum Gasteiger partial charge on any atom is -0.339 e. The molecule has 3 rings (SSSR count). The molecule has 8 heteroatoms. The highest BCUT2D eigenvalue weighted by Crippen LogP contribution is 2.29. The SMILES string of the molecule is O=C(CCc1ccc(Cl)cc1)N1CCN(C(=O)c2ccc(C(F)(F)F)cc2)CC1. The number of benzene rings is 2. The van der Waals surface area contributed by atoms with Crippen LogP contribution in [0.3, 0.4) is 0 Å². The summed E-state index contributed by atoms with van der Waals surface area (Å²) in [5.74, 6) is -0.312. The van der Waals surface area contributed by atoms with E-state index in [-0.39, 0.29) is 17.4 Å². The van der Waals surface area contributed by atoms with Gasteiger partial charge in [-0.2, -0.15) is 13.2 Å². The zero-order valence-electron chi connectivity index (χ0n) is 15.6. The van der Waals surface area contributed by atoms with E-state index in [4.69, 9.17) is 11.6 Å². The average molecular weight is 425 g/mol. The molecule has 0 spiro atoms. The van der Waals surface area contributed by atoms with Crippen LogP contribution in [0.2, 0.25) is 5.02 Å². The van der Waals surface area contributed by atoms with Gasteiger partial charge in [0.05, 0.1) is 5.56 Å². The molecule has 1 heterocycles. The molecule has 0 unspecified atom stereocenters. The molecule has 1 aliphatic heterocycles. The number of aryl methyl sites for hydroxylation is 1. The Hall–Kier alpha value is -2.54. The van der Waals surface area contributed by atoms with Crippen LogP contribution in [-0.4, -0.2) is 47.8 Å². The first-order valence-corrected chi connectivity index (χ1v) is 9.60. The highest BCUT2D eigenvalue weighted by molar-refractivity contribution is 6.30. The van der Waals surface area contributed by atoms with E-state index in [1.807, 2.05) is 12.1 Å². The van der Waals surface area contributed by atoms with Crippen LogP contribution in [0.5, 0.6) is 0 Å². The van der Waals surface area contributed by atoms with Gasteiger partial charge in [0.2, 0.25) is 5.91 Å². The summed E-state index contributed by atoms with van der Waals surface area (Å²) >= 11 is 5.85. The molecular weight excluding hydrogens is 405 g/mol. The van der Waals surface area contributed by atoms with Gasteiger partial charge in [0.1, 0.15) is 0 Å². The van der Waals surface area contributed by atoms with Crippen LogP contribution in [0.4, 0.5) is 13.2 Å². The molecule has 0 N–H and O–H groups in total. The second-order valence-electron chi connectivity index (χ2n) is 6.87.